The van der Waals surface area contributed by atoms with E-state index >= 15 is 0 Å². The lowest BCUT2D eigenvalue weighted by atomic mass is 9.71. The van der Waals surface area contributed by atoms with Crippen LogP contribution < -0.4 is 5.32 Å². The largest absolute Gasteiger partial charge is 0.507 e. The second kappa shape index (κ2) is 6.21. The molecule has 0 heterocycles. The number of carbonyl (C=O) groups is 2. The molecule has 1 aromatic rings. The fourth-order valence-corrected chi connectivity index (χ4v) is 3.24. The van der Waals surface area contributed by atoms with Gasteiger partial charge in [0.05, 0.1) is 11.0 Å². The number of amides is 1. The van der Waals surface area contributed by atoms with Crippen molar-refractivity contribution < 1.29 is 19.8 Å². The fraction of sp³-hybridized carbons (Fsp3) is 0.467. The zero-order valence-electron chi connectivity index (χ0n) is 11.7. The van der Waals surface area contributed by atoms with E-state index in [1.54, 1.807) is 19.1 Å². The Morgan fingerprint density at radius 2 is 2.10 bits per heavy atom. The molecule has 1 aromatic carbocycles. The average Bonchev–Trinajstić information content (AvgIpc) is 2.43. The van der Waals surface area contributed by atoms with Crippen LogP contribution in [0.15, 0.2) is 18.2 Å². The first kappa shape index (κ1) is 16.1. The van der Waals surface area contributed by atoms with Crippen molar-refractivity contribution in [2.24, 2.45) is 5.41 Å². The molecule has 21 heavy (non-hydrogen) atoms. The van der Waals surface area contributed by atoms with Crippen molar-refractivity contribution in [3.05, 3.63) is 27.3 Å². The number of halogens is 1. The third-order valence-electron chi connectivity index (χ3n) is 4.21. The summed E-state index contributed by atoms with van der Waals surface area (Å²) in [6, 6.07) is 4.34. The monoisotopic (exact) mass is 403 g/mol. The van der Waals surface area contributed by atoms with Gasteiger partial charge < -0.3 is 15.5 Å². The Kier molecular flexibility index (Phi) is 4.75. The number of phenolic OH excluding ortho intramolecular Hbond substituents is 1. The number of nitrogens with one attached hydrogen (secondary N) is 1. The van der Waals surface area contributed by atoms with E-state index in [9.17, 15) is 19.8 Å². The van der Waals surface area contributed by atoms with Gasteiger partial charge in [0.1, 0.15) is 5.75 Å². The van der Waals surface area contributed by atoms with Crippen LogP contribution in [-0.4, -0.2) is 28.1 Å². The molecule has 1 saturated carbocycles. The van der Waals surface area contributed by atoms with Crippen molar-refractivity contribution in [2.75, 3.05) is 0 Å². The van der Waals surface area contributed by atoms with Gasteiger partial charge in [-0.15, -0.1) is 0 Å². The Bertz CT molecular complexity index is 575. The minimum atomic E-state index is -0.953. The van der Waals surface area contributed by atoms with Gasteiger partial charge in [0.2, 0.25) is 0 Å². The highest BCUT2D eigenvalue weighted by atomic mass is 127. The molecule has 1 amide bonds. The molecular formula is C15H18INO4. The van der Waals surface area contributed by atoms with Gasteiger partial charge in [0, 0.05) is 9.61 Å². The van der Waals surface area contributed by atoms with Crippen LogP contribution in [0.3, 0.4) is 0 Å². The minimum absolute atomic E-state index is 0.0965. The average molecular weight is 403 g/mol. The van der Waals surface area contributed by atoms with E-state index < -0.39 is 23.3 Å². The van der Waals surface area contributed by atoms with Gasteiger partial charge >= 0.3 is 5.97 Å². The molecule has 0 saturated heterocycles. The van der Waals surface area contributed by atoms with Crippen LogP contribution in [0.4, 0.5) is 0 Å². The summed E-state index contributed by atoms with van der Waals surface area (Å²) >= 11 is 2.06. The molecule has 2 rings (SSSR count). The van der Waals surface area contributed by atoms with Crippen molar-refractivity contribution in [3.63, 3.8) is 0 Å². The van der Waals surface area contributed by atoms with Crippen molar-refractivity contribution in [2.45, 2.75) is 38.6 Å². The van der Waals surface area contributed by atoms with E-state index in [1.165, 1.54) is 6.07 Å². The van der Waals surface area contributed by atoms with Crippen LogP contribution in [0.1, 0.15) is 43.0 Å². The summed E-state index contributed by atoms with van der Waals surface area (Å²) in [7, 11) is 0. The van der Waals surface area contributed by atoms with Gasteiger partial charge in [-0.05, 0) is 60.6 Å². The van der Waals surface area contributed by atoms with Gasteiger partial charge in [-0.3, -0.25) is 9.59 Å². The molecule has 0 radical (unpaired) electrons. The molecule has 3 N–H and O–H groups in total. The normalized spacial score (nSPS) is 25.3. The number of aliphatic carboxylic acids is 1. The van der Waals surface area contributed by atoms with E-state index in [0.29, 0.717) is 12.8 Å². The number of hydrogen-bond acceptors (Lipinski definition) is 3. The number of benzene rings is 1. The molecule has 114 valence electrons. The van der Waals surface area contributed by atoms with E-state index in [0.717, 1.165) is 16.4 Å². The predicted molar refractivity (Wildman–Crippen MR) is 86.3 cm³/mol. The Labute approximate surface area is 136 Å². The number of carbonyl (C=O) groups excluding carboxylic acids is 1. The predicted octanol–water partition coefficient (Wildman–Crippen LogP) is 2.76. The summed E-state index contributed by atoms with van der Waals surface area (Å²) in [5.74, 6) is -1.41. The molecular weight excluding hydrogens is 385 g/mol. The molecule has 0 aliphatic heterocycles. The highest BCUT2D eigenvalue weighted by Gasteiger charge is 2.44. The first-order valence-corrected chi connectivity index (χ1v) is 7.95. The van der Waals surface area contributed by atoms with Crippen molar-refractivity contribution >= 4 is 34.5 Å². The SMILES string of the molecule is CC1(C(=O)O)CCCCC1NC(=O)c1cc(I)ccc1O. The minimum Gasteiger partial charge on any atom is -0.507 e. The lowest BCUT2D eigenvalue weighted by Crippen LogP contribution is -2.52. The van der Waals surface area contributed by atoms with Gasteiger partial charge in [0.15, 0.2) is 0 Å². The third-order valence-corrected chi connectivity index (χ3v) is 4.88. The second-order valence-corrected chi connectivity index (χ2v) is 6.90. The van der Waals surface area contributed by atoms with Crippen LogP contribution in [0.25, 0.3) is 0 Å². The number of carboxylic acids is 1. The maximum atomic E-state index is 12.3. The maximum absolute atomic E-state index is 12.3. The van der Waals surface area contributed by atoms with Crippen LogP contribution in [-0.2, 0) is 4.79 Å². The fourth-order valence-electron chi connectivity index (χ4n) is 2.75. The number of phenols is 1. The molecule has 1 aliphatic carbocycles. The number of aromatic hydroxyl groups is 1. The summed E-state index contributed by atoms with van der Waals surface area (Å²) in [4.78, 5) is 23.9. The molecule has 0 bridgehead atoms. The summed E-state index contributed by atoms with van der Waals surface area (Å²) in [6.45, 7) is 1.67. The molecule has 1 fully saturated rings. The Morgan fingerprint density at radius 3 is 2.76 bits per heavy atom. The van der Waals surface area contributed by atoms with Crippen LogP contribution in [0.5, 0.6) is 5.75 Å². The van der Waals surface area contributed by atoms with Crippen molar-refractivity contribution in [3.8, 4) is 5.75 Å². The van der Waals surface area contributed by atoms with Crippen LogP contribution in [0, 0.1) is 8.99 Å². The molecule has 0 spiro atoms. The zero-order valence-corrected chi connectivity index (χ0v) is 13.9. The lowest BCUT2D eigenvalue weighted by molar-refractivity contribution is -0.151. The molecule has 2 atom stereocenters. The molecule has 6 heteroatoms. The number of hydrogen-bond donors (Lipinski definition) is 3. The lowest BCUT2D eigenvalue weighted by Gasteiger charge is -2.38. The highest BCUT2D eigenvalue weighted by molar-refractivity contribution is 14.1. The van der Waals surface area contributed by atoms with Gasteiger partial charge in [-0.25, -0.2) is 0 Å². The van der Waals surface area contributed by atoms with E-state index in [2.05, 4.69) is 27.9 Å². The highest BCUT2D eigenvalue weighted by Crippen LogP contribution is 2.36. The summed E-state index contributed by atoms with van der Waals surface area (Å²) < 4.78 is 0.834. The quantitative estimate of drug-likeness (QED) is 0.678. The molecule has 2 unspecified atom stereocenters. The first-order valence-electron chi connectivity index (χ1n) is 6.87. The Balaban J connectivity index is 2.21. The van der Waals surface area contributed by atoms with Crippen molar-refractivity contribution in [1.29, 1.82) is 0 Å². The summed E-state index contributed by atoms with van der Waals surface area (Å²) in [6.07, 6.45) is 2.93. The number of rotatable bonds is 3. The summed E-state index contributed by atoms with van der Waals surface area (Å²) in [5, 5.41) is 22.0. The Hall–Kier alpha value is -1.31. The maximum Gasteiger partial charge on any atom is 0.311 e. The van der Waals surface area contributed by atoms with Crippen molar-refractivity contribution in [1.82, 2.24) is 5.32 Å². The van der Waals surface area contributed by atoms with E-state index in [4.69, 9.17) is 0 Å². The molecule has 1 aliphatic rings. The topological polar surface area (TPSA) is 86.6 Å². The van der Waals surface area contributed by atoms with E-state index in [-0.39, 0.29) is 11.3 Å². The molecule has 0 aromatic heterocycles. The van der Waals surface area contributed by atoms with Gasteiger partial charge in [-0.2, -0.15) is 0 Å². The second-order valence-electron chi connectivity index (χ2n) is 5.66. The van der Waals surface area contributed by atoms with Gasteiger partial charge in [0.25, 0.3) is 5.91 Å². The smallest absolute Gasteiger partial charge is 0.311 e. The Morgan fingerprint density at radius 1 is 1.38 bits per heavy atom. The zero-order chi connectivity index (χ0) is 15.6. The van der Waals surface area contributed by atoms with E-state index in [1.807, 2.05) is 0 Å². The molecule has 5 nitrogen and oxygen atoms in total. The standard InChI is InChI=1S/C15H18INO4/c1-15(14(20)21)7-3-2-4-12(15)17-13(19)10-8-9(16)5-6-11(10)18/h5-6,8,12,18H,2-4,7H2,1H3,(H,17,19)(H,20,21). The third kappa shape index (κ3) is 3.30. The van der Waals surface area contributed by atoms with Gasteiger partial charge in [-0.1, -0.05) is 12.8 Å². The number of carboxylic acid groups (broad SMARTS) is 1. The first-order chi connectivity index (χ1) is 9.84. The van der Waals surface area contributed by atoms with Crippen LogP contribution in [0.2, 0.25) is 0 Å². The summed E-state index contributed by atoms with van der Waals surface area (Å²) in [5.41, 5.74) is -0.772. The van der Waals surface area contributed by atoms with Crippen LogP contribution >= 0.6 is 22.6 Å².